The molecule has 2 rings (SSSR count). The van der Waals surface area contributed by atoms with E-state index in [0.717, 1.165) is 0 Å². The molecule has 0 saturated heterocycles. The Morgan fingerprint density at radius 2 is 0.786 bits per heavy atom. The topological polar surface area (TPSA) is 64.5 Å². The highest BCUT2D eigenvalue weighted by Crippen LogP contribution is 2.03. The Hall–Kier alpha value is -2.04. The first-order chi connectivity index (χ1) is 13.3. The van der Waals surface area contributed by atoms with Crippen LogP contribution in [0.4, 0.5) is 0 Å². The maximum Gasteiger partial charge on any atom is 0.115 e. The van der Waals surface area contributed by atoms with Crippen LogP contribution in [0.15, 0.2) is 60.7 Å². The molecule has 0 radical (unpaired) electrons. The van der Waals surface area contributed by atoms with Crippen LogP contribution in [0.5, 0.6) is 11.5 Å². The summed E-state index contributed by atoms with van der Waals surface area (Å²) in [6.07, 6.45) is 0.417. The van der Waals surface area contributed by atoms with Crippen LogP contribution in [0.2, 0.25) is 0 Å². The lowest BCUT2D eigenvalue weighted by Gasteiger charge is -2.20. The van der Waals surface area contributed by atoms with Crippen molar-refractivity contribution in [3.8, 4) is 11.5 Å². The van der Waals surface area contributed by atoms with E-state index in [9.17, 15) is 0 Å². The van der Waals surface area contributed by atoms with Crippen molar-refractivity contribution in [3.63, 3.8) is 0 Å². The van der Waals surface area contributed by atoms with Crippen LogP contribution in [-0.4, -0.2) is 28.5 Å². The SMILES string of the molecule is CC.CC.CC(C)NC(C)NC(C)C.Oc1ccccc1.Oc1ccccc1. The molecule has 0 atom stereocenters. The van der Waals surface area contributed by atoms with Gasteiger partial charge in [-0.1, -0.05) is 64.1 Å². The number of rotatable bonds is 4. The summed E-state index contributed by atoms with van der Waals surface area (Å²) in [7, 11) is 0. The number of nitrogens with one attached hydrogen (secondary N) is 2. The molecular weight excluding hydrogens is 348 g/mol. The van der Waals surface area contributed by atoms with Crippen LogP contribution in [0.3, 0.4) is 0 Å². The van der Waals surface area contributed by atoms with E-state index < -0.39 is 0 Å². The predicted octanol–water partition coefficient (Wildman–Crippen LogP) is 6.17. The van der Waals surface area contributed by atoms with E-state index in [2.05, 4.69) is 45.3 Å². The number of hydrogen-bond donors (Lipinski definition) is 4. The summed E-state index contributed by atoms with van der Waals surface area (Å²) in [4.78, 5) is 0. The van der Waals surface area contributed by atoms with Crippen molar-refractivity contribution < 1.29 is 10.2 Å². The van der Waals surface area contributed by atoms with Crippen molar-refractivity contribution >= 4 is 0 Å². The van der Waals surface area contributed by atoms with E-state index in [0.29, 0.717) is 29.7 Å². The first kappa shape index (κ1) is 30.7. The molecule has 4 nitrogen and oxygen atoms in total. The highest BCUT2D eigenvalue weighted by Gasteiger charge is 2.02. The number of phenolic OH excluding ortho intramolecular Hbond substituents is 2. The Morgan fingerprint density at radius 3 is 0.929 bits per heavy atom. The fraction of sp³-hybridized carbons (Fsp3) is 0.500. The first-order valence-corrected chi connectivity index (χ1v) is 10.3. The lowest BCUT2D eigenvalue weighted by Crippen LogP contribution is -2.45. The minimum atomic E-state index is 0.322. The molecule has 0 aliphatic heterocycles. The summed E-state index contributed by atoms with van der Waals surface area (Å²) < 4.78 is 0. The number of aromatic hydroxyl groups is 2. The third-order valence-electron chi connectivity index (χ3n) is 2.68. The monoisotopic (exact) mass is 392 g/mol. The zero-order chi connectivity index (χ0) is 22.4. The van der Waals surface area contributed by atoms with E-state index in [1.54, 1.807) is 48.5 Å². The Labute approximate surface area is 174 Å². The second-order valence-corrected chi connectivity index (χ2v) is 6.04. The van der Waals surface area contributed by atoms with Gasteiger partial charge in [-0.25, -0.2) is 0 Å². The zero-order valence-electron chi connectivity index (χ0n) is 19.4. The summed E-state index contributed by atoms with van der Waals surface area (Å²) in [6.45, 7) is 18.7. The van der Waals surface area contributed by atoms with Crippen molar-refractivity contribution in [2.45, 2.75) is 80.6 Å². The van der Waals surface area contributed by atoms with Gasteiger partial charge >= 0.3 is 0 Å². The smallest absolute Gasteiger partial charge is 0.115 e. The highest BCUT2D eigenvalue weighted by molar-refractivity contribution is 5.19. The van der Waals surface area contributed by atoms with Gasteiger partial charge in [0, 0.05) is 12.1 Å². The second-order valence-electron chi connectivity index (χ2n) is 6.04. The summed E-state index contributed by atoms with van der Waals surface area (Å²) in [5, 5.41) is 24.0. The molecule has 162 valence electrons. The number of hydrogen-bond acceptors (Lipinski definition) is 4. The molecule has 0 spiro atoms. The van der Waals surface area contributed by atoms with Crippen molar-refractivity contribution in [2.24, 2.45) is 0 Å². The van der Waals surface area contributed by atoms with Gasteiger partial charge in [0.2, 0.25) is 0 Å². The van der Waals surface area contributed by atoms with Crippen molar-refractivity contribution in [2.75, 3.05) is 0 Å². The lowest BCUT2D eigenvalue weighted by atomic mass is 10.3. The van der Waals surface area contributed by atoms with Crippen LogP contribution in [0.25, 0.3) is 0 Å². The van der Waals surface area contributed by atoms with Gasteiger partial charge in [0.25, 0.3) is 0 Å². The normalized spacial score (nSPS) is 9.00. The fourth-order valence-electron chi connectivity index (χ4n) is 1.90. The van der Waals surface area contributed by atoms with Gasteiger partial charge in [0.05, 0.1) is 6.17 Å². The zero-order valence-corrected chi connectivity index (χ0v) is 19.4. The second kappa shape index (κ2) is 23.0. The van der Waals surface area contributed by atoms with Crippen molar-refractivity contribution in [1.82, 2.24) is 10.6 Å². The summed E-state index contributed by atoms with van der Waals surface area (Å²) >= 11 is 0. The molecule has 0 saturated carbocycles. The Kier molecular flexibility index (Phi) is 25.2. The average Bonchev–Trinajstić information content (AvgIpc) is 2.66. The standard InChI is InChI=1S/C8H20N2.2C6H6O.2C2H6/c1-6(2)9-8(5)10-7(3)4;2*7-6-4-2-1-3-5-6;2*1-2/h6-10H,1-5H3;2*1-5,7H;2*1-2H3. The molecule has 2 aromatic carbocycles. The Balaban J connectivity index is -0.000000311. The molecule has 0 heterocycles. The number of para-hydroxylation sites is 2. The molecular formula is C24H44N2O2. The number of benzene rings is 2. The summed E-state index contributed by atoms with van der Waals surface area (Å²) in [6, 6.07) is 18.5. The van der Waals surface area contributed by atoms with Gasteiger partial charge in [-0.05, 0) is 58.9 Å². The van der Waals surface area contributed by atoms with E-state index in [1.165, 1.54) is 0 Å². The van der Waals surface area contributed by atoms with E-state index >= 15 is 0 Å². The number of phenols is 2. The van der Waals surface area contributed by atoms with Gasteiger partial charge < -0.3 is 10.2 Å². The Morgan fingerprint density at radius 1 is 0.536 bits per heavy atom. The lowest BCUT2D eigenvalue weighted by molar-refractivity contribution is 0.389. The largest absolute Gasteiger partial charge is 0.508 e. The Bertz CT molecular complexity index is 455. The van der Waals surface area contributed by atoms with Crippen LogP contribution in [0.1, 0.15) is 62.3 Å². The molecule has 0 aliphatic rings. The van der Waals surface area contributed by atoms with Crippen LogP contribution in [-0.2, 0) is 0 Å². The van der Waals surface area contributed by atoms with E-state index in [4.69, 9.17) is 10.2 Å². The summed E-state index contributed by atoms with van der Waals surface area (Å²) in [5.41, 5.74) is 0. The molecule has 4 N–H and O–H groups in total. The van der Waals surface area contributed by atoms with Crippen LogP contribution >= 0.6 is 0 Å². The predicted molar refractivity (Wildman–Crippen MR) is 125 cm³/mol. The van der Waals surface area contributed by atoms with Crippen LogP contribution < -0.4 is 10.6 Å². The fourth-order valence-corrected chi connectivity index (χ4v) is 1.90. The molecule has 0 aliphatic carbocycles. The van der Waals surface area contributed by atoms with Gasteiger partial charge in [-0.2, -0.15) is 0 Å². The molecule has 0 unspecified atom stereocenters. The minimum absolute atomic E-state index is 0.322. The van der Waals surface area contributed by atoms with Gasteiger partial charge in [0.15, 0.2) is 0 Å². The molecule has 2 aromatic rings. The molecule has 0 aromatic heterocycles. The van der Waals surface area contributed by atoms with Crippen molar-refractivity contribution in [1.29, 1.82) is 0 Å². The molecule has 28 heavy (non-hydrogen) atoms. The third-order valence-corrected chi connectivity index (χ3v) is 2.68. The first-order valence-electron chi connectivity index (χ1n) is 10.3. The molecule has 0 bridgehead atoms. The van der Waals surface area contributed by atoms with Gasteiger partial charge in [0.1, 0.15) is 11.5 Å². The maximum absolute atomic E-state index is 8.63. The molecule has 0 amide bonds. The molecule has 0 fully saturated rings. The van der Waals surface area contributed by atoms with Crippen LogP contribution in [0, 0.1) is 0 Å². The van der Waals surface area contributed by atoms with Crippen molar-refractivity contribution in [3.05, 3.63) is 60.7 Å². The quantitative estimate of drug-likeness (QED) is 0.470. The summed E-state index contributed by atoms with van der Waals surface area (Å²) in [5.74, 6) is 0.644. The minimum Gasteiger partial charge on any atom is -0.508 e. The molecule has 4 heteroatoms. The third kappa shape index (κ3) is 26.2. The van der Waals surface area contributed by atoms with Gasteiger partial charge in [-0.15, -0.1) is 0 Å². The highest BCUT2D eigenvalue weighted by atomic mass is 16.3. The average molecular weight is 393 g/mol. The van der Waals surface area contributed by atoms with E-state index in [1.807, 2.05) is 39.8 Å². The maximum atomic E-state index is 8.63. The van der Waals surface area contributed by atoms with Gasteiger partial charge in [-0.3, -0.25) is 10.6 Å². The van der Waals surface area contributed by atoms with E-state index in [-0.39, 0.29) is 0 Å².